The molecule has 3 N–H and O–H groups in total. The number of hydrazine groups is 1. The fourth-order valence-corrected chi connectivity index (χ4v) is 2.90. The van der Waals surface area contributed by atoms with Crippen molar-refractivity contribution in [1.82, 2.24) is 10.4 Å². The van der Waals surface area contributed by atoms with Crippen LogP contribution in [0.4, 0.5) is 0 Å². The quantitative estimate of drug-likeness (QED) is 0.797. The van der Waals surface area contributed by atoms with Crippen molar-refractivity contribution in [3.8, 4) is 11.5 Å². The number of hydrogen-bond acceptors (Lipinski definition) is 6. The Balaban J connectivity index is 2.20. The largest absolute Gasteiger partial charge is 0.493 e. The second-order valence-corrected chi connectivity index (χ2v) is 5.60. The van der Waals surface area contributed by atoms with Crippen LogP contribution in [0, 0.1) is 0 Å². The minimum absolute atomic E-state index is 0.00252. The van der Waals surface area contributed by atoms with Crippen LogP contribution in [0.1, 0.15) is 11.6 Å². The fourth-order valence-electron chi connectivity index (χ4n) is 2.30. The average molecular weight is 360 g/mol. The van der Waals surface area contributed by atoms with E-state index >= 15 is 0 Å². The summed E-state index contributed by atoms with van der Waals surface area (Å²) in [5.74, 6) is 1.38. The van der Waals surface area contributed by atoms with Gasteiger partial charge in [0.05, 0.1) is 33.5 Å². The SMILES string of the molecule is COc1cc(Br)c(C(CN)NN2CCOCC2)cc1OC. The van der Waals surface area contributed by atoms with E-state index in [1.54, 1.807) is 14.2 Å². The molecule has 0 radical (unpaired) electrons. The van der Waals surface area contributed by atoms with Gasteiger partial charge in [-0.3, -0.25) is 0 Å². The number of nitrogens with two attached hydrogens (primary N) is 1. The monoisotopic (exact) mass is 359 g/mol. The Morgan fingerprint density at radius 2 is 1.90 bits per heavy atom. The van der Waals surface area contributed by atoms with Gasteiger partial charge in [0.1, 0.15) is 0 Å². The normalized spacial score (nSPS) is 17.5. The Morgan fingerprint density at radius 1 is 1.29 bits per heavy atom. The summed E-state index contributed by atoms with van der Waals surface area (Å²) < 4.78 is 17.0. The Kier molecular flexibility index (Phi) is 6.25. The third-order valence-corrected chi connectivity index (χ3v) is 4.15. The van der Waals surface area contributed by atoms with Gasteiger partial charge in [0, 0.05) is 24.1 Å². The Labute approximate surface area is 133 Å². The van der Waals surface area contributed by atoms with Gasteiger partial charge >= 0.3 is 0 Å². The second-order valence-electron chi connectivity index (χ2n) is 4.75. The van der Waals surface area contributed by atoms with Crippen LogP contribution < -0.4 is 20.6 Å². The van der Waals surface area contributed by atoms with E-state index in [-0.39, 0.29) is 6.04 Å². The maximum atomic E-state index is 5.94. The lowest BCUT2D eigenvalue weighted by Crippen LogP contribution is -2.48. The van der Waals surface area contributed by atoms with Crippen LogP contribution in [0.3, 0.4) is 0 Å². The van der Waals surface area contributed by atoms with Crippen LogP contribution in [0.2, 0.25) is 0 Å². The van der Waals surface area contributed by atoms with Crippen LogP contribution in [-0.4, -0.2) is 52.1 Å². The van der Waals surface area contributed by atoms with E-state index in [0.717, 1.165) is 36.3 Å². The summed E-state index contributed by atoms with van der Waals surface area (Å²) in [6.45, 7) is 3.64. The summed E-state index contributed by atoms with van der Waals surface area (Å²) in [5, 5.41) is 2.14. The van der Waals surface area contributed by atoms with Gasteiger partial charge < -0.3 is 19.9 Å². The molecule has 118 valence electrons. The molecule has 1 aliphatic heterocycles. The van der Waals surface area contributed by atoms with Gasteiger partial charge in [-0.05, 0) is 17.7 Å². The summed E-state index contributed by atoms with van der Waals surface area (Å²) in [5.41, 5.74) is 10.4. The van der Waals surface area contributed by atoms with Crippen molar-refractivity contribution < 1.29 is 14.2 Å². The van der Waals surface area contributed by atoms with Crippen LogP contribution in [0.5, 0.6) is 11.5 Å². The molecule has 1 unspecified atom stereocenters. The second kappa shape index (κ2) is 7.95. The Morgan fingerprint density at radius 3 is 2.48 bits per heavy atom. The smallest absolute Gasteiger partial charge is 0.161 e. The van der Waals surface area contributed by atoms with E-state index in [0.29, 0.717) is 18.0 Å². The molecule has 2 rings (SSSR count). The number of hydrogen-bond donors (Lipinski definition) is 2. The maximum Gasteiger partial charge on any atom is 0.161 e. The van der Waals surface area contributed by atoms with Crippen LogP contribution in [0.15, 0.2) is 16.6 Å². The number of nitrogens with one attached hydrogen (secondary N) is 1. The minimum Gasteiger partial charge on any atom is -0.493 e. The summed E-state index contributed by atoms with van der Waals surface area (Å²) in [6, 6.07) is 3.85. The van der Waals surface area contributed by atoms with Gasteiger partial charge in [-0.2, -0.15) is 0 Å². The van der Waals surface area contributed by atoms with Crippen molar-refractivity contribution >= 4 is 15.9 Å². The van der Waals surface area contributed by atoms with Crippen molar-refractivity contribution in [2.75, 3.05) is 47.1 Å². The molecule has 0 aromatic heterocycles. The van der Waals surface area contributed by atoms with Gasteiger partial charge in [-0.1, -0.05) is 15.9 Å². The van der Waals surface area contributed by atoms with E-state index in [2.05, 4.69) is 26.4 Å². The Hall–Kier alpha value is -0.860. The van der Waals surface area contributed by atoms with Crippen LogP contribution in [0.25, 0.3) is 0 Å². The molecule has 0 amide bonds. The molecule has 1 aromatic rings. The summed E-state index contributed by atoms with van der Waals surface area (Å²) in [6.07, 6.45) is 0. The number of halogens is 1. The van der Waals surface area contributed by atoms with E-state index < -0.39 is 0 Å². The predicted octanol–water partition coefficient (Wildman–Crippen LogP) is 1.30. The van der Waals surface area contributed by atoms with Crippen molar-refractivity contribution in [3.63, 3.8) is 0 Å². The molecule has 0 spiro atoms. The molecule has 1 aromatic carbocycles. The molecular formula is C14H22BrN3O3. The van der Waals surface area contributed by atoms with Gasteiger partial charge in [-0.25, -0.2) is 10.4 Å². The molecule has 6 nitrogen and oxygen atoms in total. The zero-order valence-electron chi connectivity index (χ0n) is 12.4. The highest BCUT2D eigenvalue weighted by molar-refractivity contribution is 9.10. The first-order chi connectivity index (χ1) is 10.2. The van der Waals surface area contributed by atoms with Gasteiger partial charge in [0.15, 0.2) is 11.5 Å². The first-order valence-corrected chi connectivity index (χ1v) is 7.69. The van der Waals surface area contributed by atoms with E-state index in [1.165, 1.54) is 0 Å². The lowest BCUT2D eigenvalue weighted by atomic mass is 10.1. The number of ether oxygens (including phenoxy) is 3. The molecule has 1 heterocycles. The standard InChI is InChI=1S/C14H22BrN3O3/c1-19-13-7-10(11(15)8-14(13)20-2)12(9-16)17-18-3-5-21-6-4-18/h7-8,12,17H,3-6,9,16H2,1-2H3. The third-order valence-electron chi connectivity index (χ3n) is 3.46. The molecular weight excluding hydrogens is 338 g/mol. The number of benzene rings is 1. The zero-order chi connectivity index (χ0) is 15.2. The van der Waals surface area contributed by atoms with E-state index in [4.69, 9.17) is 19.9 Å². The van der Waals surface area contributed by atoms with Crippen LogP contribution >= 0.6 is 15.9 Å². The zero-order valence-corrected chi connectivity index (χ0v) is 14.0. The molecule has 1 fully saturated rings. The first kappa shape index (κ1) is 16.5. The van der Waals surface area contributed by atoms with Crippen molar-refractivity contribution in [2.45, 2.75) is 6.04 Å². The molecule has 0 saturated carbocycles. The lowest BCUT2D eigenvalue weighted by Gasteiger charge is -2.32. The number of nitrogens with zero attached hydrogens (tertiary/aromatic N) is 1. The lowest BCUT2D eigenvalue weighted by molar-refractivity contribution is 0.00397. The van der Waals surface area contributed by atoms with Gasteiger partial charge in [0.25, 0.3) is 0 Å². The molecule has 0 bridgehead atoms. The summed E-state index contributed by atoms with van der Waals surface area (Å²) >= 11 is 3.58. The summed E-state index contributed by atoms with van der Waals surface area (Å²) in [4.78, 5) is 0. The molecule has 1 atom stereocenters. The van der Waals surface area contributed by atoms with Gasteiger partial charge in [0.2, 0.25) is 0 Å². The molecule has 1 saturated heterocycles. The molecule has 1 aliphatic rings. The topological polar surface area (TPSA) is 69.0 Å². The highest BCUT2D eigenvalue weighted by Gasteiger charge is 2.20. The first-order valence-electron chi connectivity index (χ1n) is 6.90. The minimum atomic E-state index is -0.00252. The molecule has 7 heteroatoms. The van der Waals surface area contributed by atoms with Crippen molar-refractivity contribution in [3.05, 3.63) is 22.2 Å². The van der Waals surface area contributed by atoms with Crippen molar-refractivity contribution in [1.29, 1.82) is 0 Å². The van der Waals surface area contributed by atoms with Gasteiger partial charge in [-0.15, -0.1) is 0 Å². The maximum absolute atomic E-state index is 5.94. The predicted molar refractivity (Wildman–Crippen MR) is 84.6 cm³/mol. The summed E-state index contributed by atoms with van der Waals surface area (Å²) in [7, 11) is 3.25. The van der Waals surface area contributed by atoms with E-state index in [1.807, 2.05) is 12.1 Å². The van der Waals surface area contributed by atoms with Crippen molar-refractivity contribution in [2.24, 2.45) is 5.73 Å². The van der Waals surface area contributed by atoms with E-state index in [9.17, 15) is 0 Å². The fraction of sp³-hybridized carbons (Fsp3) is 0.571. The molecule has 21 heavy (non-hydrogen) atoms. The molecule has 0 aliphatic carbocycles. The average Bonchev–Trinajstić information content (AvgIpc) is 2.53. The highest BCUT2D eigenvalue weighted by Crippen LogP contribution is 2.35. The number of rotatable bonds is 6. The van der Waals surface area contributed by atoms with Crippen LogP contribution in [-0.2, 0) is 4.74 Å². The number of morpholine rings is 1. The highest BCUT2D eigenvalue weighted by atomic mass is 79.9. The number of methoxy groups -OCH3 is 2. The Bertz CT molecular complexity index is 467. The third kappa shape index (κ3) is 4.08.